The van der Waals surface area contributed by atoms with E-state index in [1.165, 1.54) is 0 Å². The minimum absolute atomic E-state index is 0.108. The number of nitrogens with zero attached hydrogens (tertiary/aromatic N) is 1. The number of sulfonamides is 1. The monoisotopic (exact) mass is 243 g/mol. The first-order chi connectivity index (χ1) is 7.45. The molecular weight excluding hydrogens is 226 g/mol. The third-order valence-electron chi connectivity index (χ3n) is 2.26. The van der Waals surface area contributed by atoms with Gasteiger partial charge in [0, 0.05) is 12.2 Å². The molecule has 0 spiro atoms. The van der Waals surface area contributed by atoms with Crippen molar-refractivity contribution in [1.82, 2.24) is 9.71 Å². The van der Waals surface area contributed by atoms with Gasteiger partial charge in [-0.15, -0.1) is 0 Å². The highest BCUT2D eigenvalue weighted by molar-refractivity contribution is 7.90. The highest BCUT2D eigenvalue weighted by Crippen LogP contribution is 2.01. The molecule has 1 aromatic rings. The summed E-state index contributed by atoms with van der Waals surface area (Å²) in [5.74, 6) is 0. The number of nitrogens with two attached hydrogens (primary N) is 1. The van der Waals surface area contributed by atoms with Crippen molar-refractivity contribution in [3.05, 3.63) is 29.6 Å². The van der Waals surface area contributed by atoms with E-state index in [9.17, 15) is 8.42 Å². The van der Waals surface area contributed by atoms with Crippen LogP contribution in [0.1, 0.15) is 18.3 Å². The minimum atomic E-state index is -3.34. The minimum Gasteiger partial charge on any atom is -0.329 e. The zero-order valence-corrected chi connectivity index (χ0v) is 10.3. The first-order valence-electron chi connectivity index (χ1n) is 5.07. The maximum Gasteiger partial charge on any atom is 0.215 e. The zero-order chi connectivity index (χ0) is 12.2. The molecule has 90 valence electrons. The molecule has 1 rings (SSSR count). The van der Waals surface area contributed by atoms with Crippen molar-refractivity contribution in [2.24, 2.45) is 5.73 Å². The summed E-state index contributed by atoms with van der Waals surface area (Å²) in [7, 11) is -3.34. The lowest BCUT2D eigenvalue weighted by Gasteiger charge is -2.11. The quantitative estimate of drug-likeness (QED) is 0.771. The van der Waals surface area contributed by atoms with Gasteiger partial charge in [0.1, 0.15) is 0 Å². The van der Waals surface area contributed by atoms with Gasteiger partial charge in [-0.1, -0.05) is 6.07 Å². The summed E-state index contributed by atoms with van der Waals surface area (Å²) in [6, 6.07) is 5.49. The molecule has 0 saturated heterocycles. The second-order valence-electron chi connectivity index (χ2n) is 3.68. The SMILES string of the molecule is Cc1cccc(CNS(=O)(=O)C(C)CN)n1. The molecule has 5 nitrogen and oxygen atoms in total. The fraction of sp³-hybridized carbons (Fsp3) is 0.500. The van der Waals surface area contributed by atoms with Gasteiger partial charge in [-0.2, -0.15) is 0 Å². The van der Waals surface area contributed by atoms with E-state index in [2.05, 4.69) is 9.71 Å². The average Bonchev–Trinajstić information content (AvgIpc) is 2.25. The van der Waals surface area contributed by atoms with E-state index in [4.69, 9.17) is 5.73 Å². The van der Waals surface area contributed by atoms with Gasteiger partial charge in [-0.25, -0.2) is 13.1 Å². The van der Waals surface area contributed by atoms with Crippen LogP contribution >= 0.6 is 0 Å². The second kappa shape index (κ2) is 5.38. The van der Waals surface area contributed by atoms with Gasteiger partial charge in [-0.3, -0.25) is 4.98 Å². The van der Waals surface area contributed by atoms with Crippen LogP contribution in [0.25, 0.3) is 0 Å². The smallest absolute Gasteiger partial charge is 0.215 e. The van der Waals surface area contributed by atoms with Crippen molar-refractivity contribution >= 4 is 10.0 Å². The molecule has 1 aromatic heterocycles. The molecule has 0 aromatic carbocycles. The molecule has 0 saturated carbocycles. The van der Waals surface area contributed by atoms with Crippen LogP contribution in [0, 0.1) is 6.92 Å². The molecule has 6 heteroatoms. The summed E-state index contributed by atoms with van der Waals surface area (Å²) in [6.45, 7) is 3.75. The van der Waals surface area contributed by atoms with Gasteiger partial charge in [0.15, 0.2) is 0 Å². The molecule has 0 aliphatic rings. The van der Waals surface area contributed by atoms with E-state index < -0.39 is 15.3 Å². The number of nitrogens with one attached hydrogen (secondary N) is 1. The Hall–Kier alpha value is -0.980. The summed E-state index contributed by atoms with van der Waals surface area (Å²) in [6.07, 6.45) is 0. The van der Waals surface area contributed by atoms with Gasteiger partial charge >= 0.3 is 0 Å². The Balaban J connectivity index is 2.65. The van der Waals surface area contributed by atoms with Gasteiger partial charge in [-0.05, 0) is 26.0 Å². The topological polar surface area (TPSA) is 85.1 Å². The molecular formula is C10H17N3O2S. The van der Waals surface area contributed by atoms with Crippen LogP contribution in [0.15, 0.2) is 18.2 Å². The van der Waals surface area contributed by atoms with E-state index in [-0.39, 0.29) is 13.1 Å². The summed E-state index contributed by atoms with van der Waals surface area (Å²) in [5, 5.41) is -0.586. The van der Waals surface area contributed by atoms with Crippen molar-refractivity contribution in [3.63, 3.8) is 0 Å². The number of aryl methyl sites for hydroxylation is 1. The third kappa shape index (κ3) is 3.55. The predicted octanol–water partition coefficient (Wildman–Crippen LogP) is 0.157. The van der Waals surface area contributed by atoms with Crippen molar-refractivity contribution < 1.29 is 8.42 Å². The zero-order valence-electron chi connectivity index (χ0n) is 9.47. The van der Waals surface area contributed by atoms with E-state index in [1.54, 1.807) is 13.0 Å². The van der Waals surface area contributed by atoms with Crippen LogP contribution in [0.2, 0.25) is 0 Å². The lowest BCUT2D eigenvalue weighted by molar-refractivity contribution is 0.568. The number of hydrogen-bond donors (Lipinski definition) is 2. The number of pyridine rings is 1. The van der Waals surface area contributed by atoms with Crippen molar-refractivity contribution in [1.29, 1.82) is 0 Å². The van der Waals surface area contributed by atoms with E-state index >= 15 is 0 Å². The van der Waals surface area contributed by atoms with Crippen LogP contribution in [0.5, 0.6) is 0 Å². The fourth-order valence-corrected chi connectivity index (χ4v) is 2.03. The fourth-order valence-electron chi connectivity index (χ4n) is 1.14. The van der Waals surface area contributed by atoms with Crippen molar-refractivity contribution in [2.75, 3.05) is 6.54 Å². The predicted molar refractivity (Wildman–Crippen MR) is 63.2 cm³/mol. The van der Waals surface area contributed by atoms with Gasteiger partial charge < -0.3 is 5.73 Å². The maximum absolute atomic E-state index is 11.6. The molecule has 0 amide bonds. The summed E-state index contributed by atoms with van der Waals surface area (Å²) >= 11 is 0. The Bertz CT molecular complexity index is 445. The highest BCUT2D eigenvalue weighted by atomic mass is 32.2. The highest BCUT2D eigenvalue weighted by Gasteiger charge is 2.18. The van der Waals surface area contributed by atoms with E-state index in [1.807, 2.05) is 19.1 Å². The summed E-state index contributed by atoms with van der Waals surface area (Å²) < 4.78 is 25.7. The number of hydrogen-bond acceptors (Lipinski definition) is 4. The first kappa shape index (κ1) is 13.1. The molecule has 1 unspecified atom stereocenters. The number of rotatable bonds is 5. The van der Waals surface area contributed by atoms with Gasteiger partial charge in [0.25, 0.3) is 0 Å². The van der Waals surface area contributed by atoms with Gasteiger partial charge in [0.2, 0.25) is 10.0 Å². The van der Waals surface area contributed by atoms with Crippen LogP contribution in [0.4, 0.5) is 0 Å². The Morgan fingerprint density at radius 1 is 1.50 bits per heavy atom. The Labute approximate surface area is 96.1 Å². The number of aromatic nitrogens is 1. The summed E-state index contributed by atoms with van der Waals surface area (Å²) in [4.78, 5) is 4.20. The summed E-state index contributed by atoms with van der Waals surface area (Å²) in [5.41, 5.74) is 6.88. The van der Waals surface area contributed by atoms with Gasteiger partial charge in [0.05, 0.1) is 17.5 Å². The Morgan fingerprint density at radius 2 is 2.19 bits per heavy atom. The molecule has 0 radical (unpaired) electrons. The van der Waals surface area contributed by atoms with E-state index in [0.717, 1.165) is 5.69 Å². The van der Waals surface area contributed by atoms with E-state index in [0.29, 0.717) is 5.69 Å². The molecule has 1 atom stereocenters. The normalized spacial score (nSPS) is 13.7. The van der Waals surface area contributed by atoms with Crippen LogP contribution < -0.4 is 10.5 Å². The van der Waals surface area contributed by atoms with Crippen LogP contribution in [-0.2, 0) is 16.6 Å². The lowest BCUT2D eigenvalue weighted by atomic mass is 10.3. The van der Waals surface area contributed by atoms with Crippen LogP contribution in [-0.4, -0.2) is 25.2 Å². The van der Waals surface area contributed by atoms with Crippen molar-refractivity contribution in [2.45, 2.75) is 25.6 Å². The van der Waals surface area contributed by atoms with Crippen molar-refractivity contribution in [3.8, 4) is 0 Å². The standard InChI is InChI=1S/C10H17N3O2S/c1-8-4-3-5-10(13-8)7-12-16(14,15)9(2)6-11/h3-5,9,12H,6-7,11H2,1-2H3. The molecule has 0 aliphatic heterocycles. The first-order valence-corrected chi connectivity index (χ1v) is 6.61. The average molecular weight is 243 g/mol. The lowest BCUT2D eigenvalue weighted by Crippen LogP contribution is -2.36. The maximum atomic E-state index is 11.6. The Kier molecular flexibility index (Phi) is 4.40. The largest absolute Gasteiger partial charge is 0.329 e. The van der Waals surface area contributed by atoms with Crippen LogP contribution in [0.3, 0.4) is 0 Å². The second-order valence-corrected chi connectivity index (χ2v) is 5.87. The molecule has 0 bridgehead atoms. The Morgan fingerprint density at radius 3 is 2.75 bits per heavy atom. The molecule has 1 heterocycles. The molecule has 3 N–H and O–H groups in total. The third-order valence-corrected chi connectivity index (χ3v) is 4.06. The molecule has 0 aliphatic carbocycles. The molecule has 0 fully saturated rings. The molecule has 16 heavy (non-hydrogen) atoms.